The van der Waals surface area contributed by atoms with Crippen LogP contribution in [0.4, 0.5) is 5.69 Å². The van der Waals surface area contributed by atoms with E-state index >= 15 is 0 Å². The van der Waals surface area contributed by atoms with Gasteiger partial charge in [0.2, 0.25) is 0 Å². The Hall–Kier alpha value is -2.82. The molecule has 26 heavy (non-hydrogen) atoms. The highest BCUT2D eigenvalue weighted by Crippen LogP contribution is 2.18. The third-order valence-corrected chi connectivity index (χ3v) is 3.38. The molecule has 0 aliphatic carbocycles. The van der Waals surface area contributed by atoms with E-state index in [9.17, 15) is 9.59 Å². The van der Waals surface area contributed by atoms with E-state index in [0.717, 1.165) is 5.75 Å². The maximum Gasteiger partial charge on any atom is 0.255 e. The zero-order chi connectivity index (χ0) is 19.3. The molecule has 0 aliphatic heterocycles. The number of rotatable bonds is 5. The predicted molar refractivity (Wildman–Crippen MR) is 104 cm³/mol. The molecule has 5 heteroatoms. The quantitative estimate of drug-likeness (QED) is 0.843. The number of carbonyl (C=O) groups is 2. The van der Waals surface area contributed by atoms with E-state index in [2.05, 4.69) is 10.6 Å². The summed E-state index contributed by atoms with van der Waals surface area (Å²) in [6, 6.07) is 13.8. The van der Waals surface area contributed by atoms with Gasteiger partial charge in [0.1, 0.15) is 5.75 Å². The van der Waals surface area contributed by atoms with Crippen LogP contribution in [0.3, 0.4) is 0 Å². The molecule has 138 valence electrons. The van der Waals surface area contributed by atoms with Crippen molar-refractivity contribution in [3.8, 4) is 5.75 Å². The van der Waals surface area contributed by atoms with Crippen LogP contribution in [0.2, 0.25) is 0 Å². The van der Waals surface area contributed by atoms with Gasteiger partial charge >= 0.3 is 0 Å². The van der Waals surface area contributed by atoms with Gasteiger partial charge in [0.05, 0.1) is 6.10 Å². The molecule has 2 aromatic carbocycles. The van der Waals surface area contributed by atoms with Crippen molar-refractivity contribution >= 4 is 17.5 Å². The fourth-order valence-electron chi connectivity index (χ4n) is 2.28. The molecule has 0 fully saturated rings. The largest absolute Gasteiger partial charge is 0.491 e. The fraction of sp³-hybridized carbons (Fsp3) is 0.333. The van der Waals surface area contributed by atoms with Crippen LogP contribution in [0.25, 0.3) is 0 Å². The lowest BCUT2D eigenvalue weighted by molar-refractivity contribution is 0.0918. The zero-order valence-electron chi connectivity index (χ0n) is 15.9. The smallest absolute Gasteiger partial charge is 0.255 e. The van der Waals surface area contributed by atoms with Crippen molar-refractivity contribution in [1.29, 1.82) is 0 Å². The van der Waals surface area contributed by atoms with Gasteiger partial charge in [0.25, 0.3) is 11.8 Å². The summed E-state index contributed by atoms with van der Waals surface area (Å²) in [7, 11) is 0. The predicted octanol–water partition coefficient (Wildman–Crippen LogP) is 4.25. The first-order chi connectivity index (χ1) is 12.1. The molecule has 0 aromatic heterocycles. The summed E-state index contributed by atoms with van der Waals surface area (Å²) in [5, 5.41) is 5.72. The molecule has 0 unspecified atom stereocenters. The highest BCUT2D eigenvalue weighted by atomic mass is 16.5. The van der Waals surface area contributed by atoms with E-state index in [-0.39, 0.29) is 23.5 Å². The van der Waals surface area contributed by atoms with E-state index in [1.807, 2.05) is 46.8 Å². The van der Waals surface area contributed by atoms with Gasteiger partial charge in [-0.05, 0) is 83.1 Å². The first kappa shape index (κ1) is 19.5. The van der Waals surface area contributed by atoms with E-state index in [1.165, 1.54) is 0 Å². The van der Waals surface area contributed by atoms with Gasteiger partial charge < -0.3 is 15.4 Å². The van der Waals surface area contributed by atoms with Crippen molar-refractivity contribution in [2.75, 3.05) is 5.32 Å². The minimum Gasteiger partial charge on any atom is -0.491 e. The topological polar surface area (TPSA) is 67.4 Å². The molecule has 2 N–H and O–H groups in total. The second kappa shape index (κ2) is 8.04. The lowest BCUT2D eigenvalue weighted by Gasteiger charge is -2.20. The molecule has 0 spiro atoms. The van der Waals surface area contributed by atoms with Crippen LogP contribution < -0.4 is 15.4 Å². The van der Waals surface area contributed by atoms with Crippen LogP contribution >= 0.6 is 0 Å². The number of hydrogen-bond acceptors (Lipinski definition) is 3. The summed E-state index contributed by atoms with van der Waals surface area (Å²) in [6.07, 6.45) is 0.101. The maximum absolute atomic E-state index is 12.3. The van der Waals surface area contributed by atoms with Gasteiger partial charge in [-0.1, -0.05) is 0 Å². The average molecular weight is 354 g/mol. The standard InChI is InChI=1S/C21H26N2O3/c1-14(2)26-18-12-10-17(11-13-18)22-19(24)15-6-8-16(9-7-15)20(25)23-21(3,4)5/h6-14H,1-5H3,(H,22,24)(H,23,25). The second-order valence-corrected chi connectivity index (χ2v) is 7.43. The fourth-order valence-corrected chi connectivity index (χ4v) is 2.28. The monoisotopic (exact) mass is 354 g/mol. The molecule has 2 amide bonds. The van der Waals surface area contributed by atoms with Crippen molar-refractivity contribution in [3.05, 3.63) is 59.7 Å². The molecule has 0 radical (unpaired) electrons. The number of benzene rings is 2. The number of nitrogens with one attached hydrogen (secondary N) is 2. The van der Waals surface area contributed by atoms with Crippen molar-refractivity contribution < 1.29 is 14.3 Å². The minimum atomic E-state index is -0.307. The summed E-state index contributed by atoms with van der Waals surface area (Å²) >= 11 is 0. The van der Waals surface area contributed by atoms with Gasteiger partial charge in [0.15, 0.2) is 0 Å². The van der Waals surface area contributed by atoms with Gasteiger partial charge in [-0.25, -0.2) is 0 Å². The molecule has 0 bridgehead atoms. The Morgan fingerprint density at radius 2 is 1.35 bits per heavy atom. The molecule has 2 aromatic rings. The van der Waals surface area contributed by atoms with Gasteiger partial charge in [-0.15, -0.1) is 0 Å². The van der Waals surface area contributed by atoms with Crippen molar-refractivity contribution in [2.45, 2.75) is 46.3 Å². The lowest BCUT2D eigenvalue weighted by atomic mass is 10.1. The highest BCUT2D eigenvalue weighted by molar-refractivity contribution is 6.05. The Morgan fingerprint density at radius 1 is 0.846 bits per heavy atom. The normalized spacial score (nSPS) is 11.2. The second-order valence-electron chi connectivity index (χ2n) is 7.43. The summed E-state index contributed by atoms with van der Waals surface area (Å²) in [4.78, 5) is 24.5. The van der Waals surface area contributed by atoms with Crippen LogP contribution in [0.15, 0.2) is 48.5 Å². The zero-order valence-corrected chi connectivity index (χ0v) is 15.9. The SMILES string of the molecule is CC(C)Oc1ccc(NC(=O)c2ccc(C(=O)NC(C)(C)C)cc2)cc1. The van der Waals surface area contributed by atoms with Gasteiger partial charge in [-0.3, -0.25) is 9.59 Å². The van der Waals surface area contributed by atoms with Crippen LogP contribution in [0.5, 0.6) is 5.75 Å². The molecular formula is C21H26N2O3. The molecule has 0 heterocycles. The Labute approximate surface area is 154 Å². The van der Waals surface area contributed by atoms with Crippen molar-refractivity contribution in [2.24, 2.45) is 0 Å². The number of carbonyl (C=O) groups excluding carboxylic acids is 2. The van der Waals surface area contributed by atoms with Crippen molar-refractivity contribution in [3.63, 3.8) is 0 Å². The van der Waals surface area contributed by atoms with Crippen LogP contribution in [0, 0.1) is 0 Å². The van der Waals surface area contributed by atoms with Crippen molar-refractivity contribution in [1.82, 2.24) is 5.32 Å². The van der Waals surface area contributed by atoms with Crippen LogP contribution in [-0.4, -0.2) is 23.5 Å². The van der Waals surface area contributed by atoms with Crippen LogP contribution in [0.1, 0.15) is 55.3 Å². The molecule has 2 rings (SSSR count). The lowest BCUT2D eigenvalue weighted by Crippen LogP contribution is -2.40. The minimum absolute atomic E-state index is 0.101. The Bertz CT molecular complexity index is 757. The van der Waals surface area contributed by atoms with E-state index in [1.54, 1.807) is 36.4 Å². The molecule has 0 saturated heterocycles. The highest BCUT2D eigenvalue weighted by Gasteiger charge is 2.15. The summed E-state index contributed by atoms with van der Waals surface area (Å²) in [5.41, 5.74) is 1.38. The molecule has 5 nitrogen and oxygen atoms in total. The Balaban J connectivity index is 2.00. The first-order valence-electron chi connectivity index (χ1n) is 8.65. The molecule has 0 atom stereocenters. The Kier molecular flexibility index (Phi) is 6.03. The number of amides is 2. The van der Waals surface area contributed by atoms with E-state index in [4.69, 9.17) is 4.74 Å². The third-order valence-electron chi connectivity index (χ3n) is 3.38. The maximum atomic E-state index is 12.3. The third kappa shape index (κ3) is 5.92. The Morgan fingerprint density at radius 3 is 1.81 bits per heavy atom. The molecule has 0 aliphatic rings. The van der Waals surface area contributed by atoms with Crippen LogP contribution in [-0.2, 0) is 0 Å². The van der Waals surface area contributed by atoms with E-state index in [0.29, 0.717) is 16.8 Å². The summed E-state index contributed by atoms with van der Waals surface area (Å²) < 4.78 is 5.58. The number of hydrogen-bond donors (Lipinski definition) is 2. The van der Waals surface area contributed by atoms with E-state index < -0.39 is 0 Å². The first-order valence-corrected chi connectivity index (χ1v) is 8.65. The average Bonchev–Trinajstić information content (AvgIpc) is 2.55. The summed E-state index contributed by atoms with van der Waals surface area (Å²) in [6.45, 7) is 9.68. The number of ether oxygens (including phenoxy) is 1. The number of anilines is 1. The van der Waals surface area contributed by atoms with Gasteiger partial charge in [0, 0.05) is 22.4 Å². The van der Waals surface area contributed by atoms with Gasteiger partial charge in [-0.2, -0.15) is 0 Å². The summed E-state index contributed by atoms with van der Waals surface area (Å²) in [5.74, 6) is 0.364. The molecule has 0 saturated carbocycles. The molecular weight excluding hydrogens is 328 g/mol.